The Hall–Kier alpha value is 0. The number of rotatable bonds is 1. The number of hydrogen-bond donors (Lipinski definition) is 0. The molecule has 0 amide bonds. The lowest BCUT2D eigenvalue weighted by Crippen LogP contribution is -2.26. The predicted molar refractivity (Wildman–Crippen MR) is 50.6 cm³/mol. The highest BCUT2D eigenvalue weighted by Crippen LogP contribution is 2.54. The largest absolute Gasteiger partial charge is 0.0651 e. The lowest BCUT2D eigenvalue weighted by atomic mass is 9.71. The zero-order valence-corrected chi connectivity index (χ0v) is 8.70. The summed E-state index contributed by atoms with van der Waals surface area (Å²) in [5, 5.41) is 0. The van der Waals surface area contributed by atoms with Gasteiger partial charge >= 0.3 is 0 Å². The van der Waals surface area contributed by atoms with E-state index in [1.807, 2.05) is 0 Å². The topological polar surface area (TPSA) is 0 Å². The molecule has 0 aromatic rings. The van der Waals surface area contributed by atoms with E-state index in [9.17, 15) is 0 Å². The van der Waals surface area contributed by atoms with Crippen molar-refractivity contribution < 1.29 is 0 Å². The second-order valence-electron chi connectivity index (χ2n) is 5.44. The molecule has 66 valence electrons. The van der Waals surface area contributed by atoms with E-state index in [0.717, 1.165) is 5.92 Å². The van der Waals surface area contributed by atoms with Gasteiger partial charge in [0.25, 0.3) is 0 Å². The Balaban J connectivity index is 2.80. The van der Waals surface area contributed by atoms with Crippen LogP contribution in [0.5, 0.6) is 0 Å². The third-order valence-corrected chi connectivity index (χ3v) is 3.71. The van der Waals surface area contributed by atoms with Crippen LogP contribution in [-0.2, 0) is 0 Å². The van der Waals surface area contributed by atoms with Gasteiger partial charge in [0.15, 0.2) is 0 Å². The second kappa shape index (κ2) is 2.50. The average molecular weight is 154 g/mol. The molecule has 0 radical (unpaired) electrons. The lowest BCUT2D eigenvalue weighted by Gasteiger charge is -2.34. The Kier molecular flexibility index (Phi) is 2.07. The van der Waals surface area contributed by atoms with Crippen molar-refractivity contribution in [2.45, 2.75) is 53.9 Å². The van der Waals surface area contributed by atoms with Crippen LogP contribution in [0.15, 0.2) is 0 Å². The monoisotopic (exact) mass is 154 g/mol. The third kappa shape index (κ3) is 1.45. The SMILES string of the molecule is CCC1C(C)(C)CCC1(C)C. The average Bonchev–Trinajstić information content (AvgIpc) is 2.03. The molecule has 0 aliphatic heterocycles. The molecule has 0 aromatic carbocycles. The first-order valence-electron chi connectivity index (χ1n) is 4.90. The Morgan fingerprint density at radius 3 is 1.55 bits per heavy atom. The van der Waals surface area contributed by atoms with E-state index in [-0.39, 0.29) is 0 Å². The molecule has 1 rings (SSSR count). The van der Waals surface area contributed by atoms with E-state index in [2.05, 4.69) is 34.6 Å². The zero-order chi connectivity index (χ0) is 8.70. The predicted octanol–water partition coefficient (Wildman–Crippen LogP) is 3.86. The summed E-state index contributed by atoms with van der Waals surface area (Å²) in [5.74, 6) is 0.926. The van der Waals surface area contributed by atoms with Gasteiger partial charge in [-0.2, -0.15) is 0 Å². The van der Waals surface area contributed by atoms with Crippen molar-refractivity contribution in [3.63, 3.8) is 0 Å². The normalized spacial score (nSPS) is 29.2. The highest BCUT2D eigenvalue weighted by atomic mass is 14.5. The summed E-state index contributed by atoms with van der Waals surface area (Å²) >= 11 is 0. The Bertz CT molecular complexity index is 126. The van der Waals surface area contributed by atoms with Crippen molar-refractivity contribution >= 4 is 0 Å². The Morgan fingerprint density at radius 2 is 1.36 bits per heavy atom. The van der Waals surface area contributed by atoms with Crippen molar-refractivity contribution in [3.05, 3.63) is 0 Å². The smallest absolute Gasteiger partial charge is 0.0314 e. The van der Waals surface area contributed by atoms with E-state index in [4.69, 9.17) is 0 Å². The molecule has 1 aliphatic carbocycles. The molecule has 0 aromatic heterocycles. The Morgan fingerprint density at radius 1 is 1.00 bits per heavy atom. The van der Waals surface area contributed by atoms with Crippen LogP contribution in [0.2, 0.25) is 0 Å². The van der Waals surface area contributed by atoms with Crippen LogP contribution in [0.25, 0.3) is 0 Å². The molecular formula is C11H22. The molecule has 11 heavy (non-hydrogen) atoms. The summed E-state index contributed by atoms with van der Waals surface area (Å²) in [4.78, 5) is 0. The van der Waals surface area contributed by atoms with Crippen LogP contribution in [-0.4, -0.2) is 0 Å². The van der Waals surface area contributed by atoms with Crippen LogP contribution in [0, 0.1) is 16.7 Å². The molecule has 1 saturated carbocycles. The third-order valence-electron chi connectivity index (χ3n) is 3.71. The highest BCUT2D eigenvalue weighted by Gasteiger charge is 2.45. The second-order valence-corrected chi connectivity index (χ2v) is 5.44. The summed E-state index contributed by atoms with van der Waals surface area (Å²) in [6.07, 6.45) is 4.18. The summed E-state index contributed by atoms with van der Waals surface area (Å²) in [7, 11) is 0. The van der Waals surface area contributed by atoms with Gasteiger partial charge in [0, 0.05) is 0 Å². The van der Waals surface area contributed by atoms with Crippen molar-refractivity contribution in [1.82, 2.24) is 0 Å². The summed E-state index contributed by atoms with van der Waals surface area (Å²) in [6.45, 7) is 12.0. The summed E-state index contributed by atoms with van der Waals surface area (Å²) in [6, 6.07) is 0. The standard InChI is InChI=1S/C11H22/c1-6-9-10(2,3)7-8-11(9,4)5/h9H,6-8H2,1-5H3. The molecule has 0 saturated heterocycles. The van der Waals surface area contributed by atoms with E-state index < -0.39 is 0 Å². The first-order chi connectivity index (χ1) is 4.90. The lowest BCUT2D eigenvalue weighted by molar-refractivity contribution is 0.152. The quantitative estimate of drug-likeness (QED) is 0.538. The van der Waals surface area contributed by atoms with Gasteiger partial charge in [-0.3, -0.25) is 0 Å². The fourth-order valence-corrected chi connectivity index (χ4v) is 3.16. The molecular weight excluding hydrogens is 132 g/mol. The fourth-order valence-electron chi connectivity index (χ4n) is 3.16. The van der Waals surface area contributed by atoms with Gasteiger partial charge < -0.3 is 0 Å². The van der Waals surface area contributed by atoms with Crippen molar-refractivity contribution in [3.8, 4) is 0 Å². The van der Waals surface area contributed by atoms with Gasteiger partial charge in [-0.25, -0.2) is 0 Å². The zero-order valence-electron chi connectivity index (χ0n) is 8.70. The van der Waals surface area contributed by atoms with Crippen LogP contribution >= 0.6 is 0 Å². The van der Waals surface area contributed by atoms with E-state index >= 15 is 0 Å². The molecule has 0 N–H and O–H groups in total. The Labute approximate surface area is 71.4 Å². The molecule has 0 unspecified atom stereocenters. The van der Waals surface area contributed by atoms with Crippen LogP contribution < -0.4 is 0 Å². The molecule has 0 atom stereocenters. The molecule has 0 heterocycles. The van der Waals surface area contributed by atoms with Gasteiger partial charge in [-0.15, -0.1) is 0 Å². The highest BCUT2D eigenvalue weighted by molar-refractivity contribution is 4.95. The van der Waals surface area contributed by atoms with E-state index in [1.54, 1.807) is 0 Å². The first-order valence-corrected chi connectivity index (χ1v) is 4.90. The summed E-state index contributed by atoms with van der Waals surface area (Å²) < 4.78 is 0. The number of hydrogen-bond acceptors (Lipinski definition) is 0. The van der Waals surface area contributed by atoms with E-state index in [0.29, 0.717) is 10.8 Å². The molecule has 1 aliphatic rings. The fraction of sp³-hybridized carbons (Fsp3) is 1.00. The molecule has 0 spiro atoms. The van der Waals surface area contributed by atoms with Gasteiger partial charge in [0.05, 0.1) is 0 Å². The maximum atomic E-state index is 2.43. The maximum absolute atomic E-state index is 2.43. The van der Waals surface area contributed by atoms with Gasteiger partial charge in [0.2, 0.25) is 0 Å². The van der Waals surface area contributed by atoms with Gasteiger partial charge in [0.1, 0.15) is 0 Å². The van der Waals surface area contributed by atoms with Crippen molar-refractivity contribution in [2.75, 3.05) is 0 Å². The van der Waals surface area contributed by atoms with E-state index in [1.165, 1.54) is 19.3 Å². The molecule has 0 heteroatoms. The summed E-state index contributed by atoms with van der Waals surface area (Å²) in [5.41, 5.74) is 1.19. The molecule has 1 fully saturated rings. The van der Waals surface area contributed by atoms with Gasteiger partial charge in [-0.1, -0.05) is 41.0 Å². The molecule has 0 nitrogen and oxygen atoms in total. The first kappa shape index (κ1) is 9.09. The van der Waals surface area contributed by atoms with Crippen LogP contribution in [0.3, 0.4) is 0 Å². The molecule has 0 bridgehead atoms. The minimum absolute atomic E-state index is 0.595. The van der Waals surface area contributed by atoms with Crippen LogP contribution in [0.4, 0.5) is 0 Å². The minimum atomic E-state index is 0.595. The van der Waals surface area contributed by atoms with Crippen molar-refractivity contribution in [1.29, 1.82) is 0 Å². The van der Waals surface area contributed by atoms with Gasteiger partial charge in [-0.05, 0) is 29.6 Å². The van der Waals surface area contributed by atoms with Crippen molar-refractivity contribution in [2.24, 2.45) is 16.7 Å². The maximum Gasteiger partial charge on any atom is -0.0314 e. The van der Waals surface area contributed by atoms with Crippen LogP contribution in [0.1, 0.15) is 53.9 Å². The minimum Gasteiger partial charge on any atom is -0.0651 e.